The Morgan fingerprint density at radius 3 is 2.16 bits per heavy atom. The Morgan fingerprint density at radius 1 is 1.16 bits per heavy atom. The first-order valence-corrected chi connectivity index (χ1v) is 6.53. The number of halogens is 1. The van der Waals surface area contributed by atoms with Crippen LogP contribution in [0.15, 0.2) is 39.9 Å². The molecule has 4 nitrogen and oxygen atoms in total. The molecule has 0 fully saturated rings. The minimum Gasteiger partial charge on any atom is -0.478 e. The zero-order valence-electron chi connectivity index (χ0n) is 11.1. The average molecular weight is 326 g/mol. The van der Waals surface area contributed by atoms with Crippen molar-refractivity contribution in [2.45, 2.75) is 20.4 Å². The molecule has 0 heterocycles. The van der Waals surface area contributed by atoms with E-state index in [0.717, 1.165) is 10.0 Å². The molecule has 0 bridgehead atoms. The predicted octanol–water partition coefficient (Wildman–Crippen LogP) is 2.83. The highest BCUT2D eigenvalue weighted by Gasteiger charge is 2.16. The number of rotatable bonds is 4. The Bertz CT molecular complexity index is 520. The summed E-state index contributed by atoms with van der Waals surface area (Å²) in [6.07, 6.45) is 0. The number of hydrogen-bond donors (Lipinski definition) is 1. The zero-order valence-corrected chi connectivity index (χ0v) is 12.7. The number of carboxylic acids is 1. The SMILES string of the molecule is CC(C(=O)O)=C(C)C(=O)N(C)Cc1ccc(Br)cc1. The minimum absolute atomic E-state index is 0.0765. The maximum absolute atomic E-state index is 12.1. The monoisotopic (exact) mass is 325 g/mol. The van der Waals surface area contributed by atoms with Crippen molar-refractivity contribution in [3.63, 3.8) is 0 Å². The molecule has 1 rings (SSSR count). The van der Waals surface area contributed by atoms with E-state index in [1.54, 1.807) is 7.05 Å². The van der Waals surface area contributed by atoms with Crippen LogP contribution in [0, 0.1) is 0 Å². The van der Waals surface area contributed by atoms with Gasteiger partial charge in [-0.3, -0.25) is 4.79 Å². The summed E-state index contributed by atoms with van der Waals surface area (Å²) in [6.45, 7) is 3.41. The van der Waals surface area contributed by atoms with E-state index in [-0.39, 0.29) is 17.1 Å². The van der Waals surface area contributed by atoms with Gasteiger partial charge < -0.3 is 10.0 Å². The van der Waals surface area contributed by atoms with E-state index in [9.17, 15) is 9.59 Å². The largest absolute Gasteiger partial charge is 0.478 e. The lowest BCUT2D eigenvalue weighted by Crippen LogP contribution is -2.28. The molecule has 0 saturated heterocycles. The third kappa shape index (κ3) is 4.21. The number of likely N-dealkylation sites (N-methyl/N-ethyl adjacent to an activating group) is 1. The molecule has 0 aliphatic heterocycles. The van der Waals surface area contributed by atoms with Crippen molar-refractivity contribution in [1.82, 2.24) is 4.90 Å². The second kappa shape index (κ2) is 6.52. The summed E-state index contributed by atoms with van der Waals surface area (Å²) in [7, 11) is 1.66. The van der Waals surface area contributed by atoms with Crippen LogP contribution < -0.4 is 0 Å². The summed E-state index contributed by atoms with van der Waals surface area (Å²) in [5, 5.41) is 8.87. The Morgan fingerprint density at radius 2 is 1.68 bits per heavy atom. The van der Waals surface area contributed by atoms with Gasteiger partial charge in [0.25, 0.3) is 0 Å². The van der Waals surface area contributed by atoms with E-state index < -0.39 is 5.97 Å². The van der Waals surface area contributed by atoms with Gasteiger partial charge >= 0.3 is 5.97 Å². The van der Waals surface area contributed by atoms with Gasteiger partial charge in [0.2, 0.25) is 5.91 Å². The van der Waals surface area contributed by atoms with Gasteiger partial charge in [-0.2, -0.15) is 0 Å². The van der Waals surface area contributed by atoms with Gasteiger partial charge in [0, 0.05) is 29.2 Å². The Kier molecular flexibility index (Phi) is 5.30. The number of carbonyl (C=O) groups excluding carboxylic acids is 1. The molecule has 1 aromatic carbocycles. The van der Waals surface area contributed by atoms with Crippen LogP contribution in [0.2, 0.25) is 0 Å². The lowest BCUT2D eigenvalue weighted by molar-refractivity contribution is -0.133. The van der Waals surface area contributed by atoms with Gasteiger partial charge in [-0.15, -0.1) is 0 Å². The zero-order chi connectivity index (χ0) is 14.6. The van der Waals surface area contributed by atoms with Gasteiger partial charge in [0.15, 0.2) is 0 Å². The molecule has 0 radical (unpaired) electrons. The summed E-state index contributed by atoms with van der Waals surface area (Å²) in [4.78, 5) is 24.4. The van der Waals surface area contributed by atoms with Crippen molar-refractivity contribution in [3.8, 4) is 0 Å². The van der Waals surface area contributed by atoms with E-state index >= 15 is 0 Å². The first-order chi connectivity index (χ1) is 8.82. The van der Waals surface area contributed by atoms with Crippen LogP contribution >= 0.6 is 15.9 Å². The summed E-state index contributed by atoms with van der Waals surface area (Å²) in [5.41, 5.74) is 1.32. The van der Waals surface area contributed by atoms with Gasteiger partial charge in [-0.1, -0.05) is 28.1 Å². The fraction of sp³-hybridized carbons (Fsp3) is 0.286. The van der Waals surface area contributed by atoms with Crippen LogP contribution in [0.25, 0.3) is 0 Å². The van der Waals surface area contributed by atoms with Crippen LogP contribution in [-0.2, 0) is 16.1 Å². The van der Waals surface area contributed by atoms with Crippen molar-refractivity contribution in [2.24, 2.45) is 0 Å². The molecular formula is C14H16BrNO3. The van der Waals surface area contributed by atoms with Gasteiger partial charge in [0.05, 0.1) is 0 Å². The van der Waals surface area contributed by atoms with Crippen molar-refractivity contribution < 1.29 is 14.7 Å². The molecule has 19 heavy (non-hydrogen) atoms. The quantitative estimate of drug-likeness (QED) is 0.866. The summed E-state index contributed by atoms with van der Waals surface area (Å²) in [6, 6.07) is 7.63. The first kappa shape index (κ1) is 15.4. The van der Waals surface area contributed by atoms with E-state index in [1.165, 1.54) is 18.7 Å². The maximum Gasteiger partial charge on any atom is 0.331 e. The van der Waals surface area contributed by atoms with Gasteiger partial charge in [0.1, 0.15) is 0 Å². The Labute approximate surface area is 120 Å². The molecule has 0 aliphatic rings. The molecule has 0 saturated carbocycles. The predicted molar refractivity (Wildman–Crippen MR) is 76.6 cm³/mol. The van der Waals surface area contributed by atoms with Gasteiger partial charge in [-0.05, 0) is 31.5 Å². The van der Waals surface area contributed by atoms with Crippen molar-refractivity contribution in [1.29, 1.82) is 0 Å². The number of amides is 1. The van der Waals surface area contributed by atoms with Crippen LogP contribution in [-0.4, -0.2) is 28.9 Å². The van der Waals surface area contributed by atoms with Crippen LogP contribution in [0.1, 0.15) is 19.4 Å². The highest BCUT2D eigenvalue weighted by atomic mass is 79.9. The van der Waals surface area contributed by atoms with Gasteiger partial charge in [-0.25, -0.2) is 4.79 Å². The molecule has 0 aromatic heterocycles. The third-order valence-corrected chi connectivity index (χ3v) is 3.41. The molecule has 0 spiro atoms. The number of carboxylic acid groups (broad SMARTS) is 1. The van der Waals surface area contributed by atoms with Crippen LogP contribution in [0.5, 0.6) is 0 Å². The summed E-state index contributed by atoms with van der Waals surface area (Å²) < 4.78 is 0.975. The highest BCUT2D eigenvalue weighted by molar-refractivity contribution is 9.10. The molecule has 0 atom stereocenters. The fourth-order valence-electron chi connectivity index (χ4n) is 1.54. The van der Waals surface area contributed by atoms with E-state index in [4.69, 9.17) is 5.11 Å². The van der Waals surface area contributed by atoms with Crippen LogP contribution in [0.3, 0.4) is 0 Å². The molecule has 1 aromatic rings. The number of aliphatic carboxylic acids is 1. The smallest absolute Gasteiger partial charge is 0.331 e. The van der Waals surface area contributed by atoms with Crippen molar-refractivity contribution >= 4 is 27.8 Å². The summed E-state index contributed by atoms with van der Waals surface area (Å²) >= 11 is 3.35. The lowest BCUT2D eigenvalue weighted by atomic mass is 10.1. The van der Waals surface area contributed by atoms with E-state index in [0.29, 0.717) is 6.54 Å². The standard InChI is InChI=1S/C14H16BrNO3/c1-9(10(2)14(18)19)13(17)16(3)8-11-4-6-12(15)7-5-11/h4-7H,8H2,1-3H3,(H,18,19). The number of carbonyl (C=O) groups is 2. The van der Waals surface area contributed by atoms with Crippen molar-refractivity contribution in [2.75, 3.05) is 7.05 Å². The normalized spacial score (nSPS) is 11.8. The second-order valence-corrected chi connectivity index (χ2v) is 5.26. The molecule has 0 unspecified atom stereocenters. The fourth-order valence-corrected chi connectivity index (χ4v) is 1.81. The second-order valence-electron chi connectivity index (χ2n) is 4.34. The molecular weight excluding hydrogens is 310 g/mol. The van der Waals surface area contributed by atoms with Crippen LogP contribution in [0.4, 0.5) is 0 Å². The van der Waals surface area contributed by atoms with Crippen molar-refractivity contribution in [3.05, 3.63) is 45.4 Å². The number of hydrogen-bond acceptors (Lipinski definition) is 2. The maximum atomic E-state index is 12.1. The average Bonchev–Trinajstić information content (AvgIpc) is 2.38. The number of nitrogens with zero attached hydrogens (tertiary/aromatic N) is 1. The highest BCUT2D eigenvalue weighted by Crippen LogP contribution is 2.13. The Balaban J connectivity index is 2.81. The molecule has 0 aliphatic carbocycles. The summed E-state index contributed by atoms with van der Waals surface area (Å²) in [5.74, 6) is -1.34. The first-order valence-electron chi connectivity index (χ1n) is 5.73. The Hall–Kier alpha value is -1.62. The molecule has 1 N–H and O–H groups in total. The molecule has 102 valence electrons. The molecule has 1 amide bonds. The lowest BCUT2D eigenvalue weighted by Gasteiger charge is -2.18. The topological polar surface area (TPSA) is 57.6 Å². The third-order valence-electron chi connectivity index (χ3n) is 2.88. The minimum atomic E-state index is -1.07. The van der Waals surface area contributed by atoms with E-state index in [1.807, 2.05) is 24.3 Å². The van der Waals surface area contributed by atoms with E-state index in [2.05, 4.69) is 15.9 Å². The number of benzene rings is 1. The molecule has 5 heteroatoms.